The minimum Gasteiger partial charge on any atom is -0.497 e. The maximum absolute atomic E-state index is 13.1. The Morgan fingerprint density at radius 3 is 2.39 bits per heavy atom. The van der Waals surface area contributed by atoms with E-state index in [0.29, 0.717) is 6.54 Å². The highest BCUT2D eigenvalue weighted by Gasteiger charge is 2.17. The second-order valence-corrected chi connectivity index (χ2v) is 7.34. The highest BCUT2D eigenvalue weighted by molar-refractivity contribution is 5.79. The summed E-state index contributed by atoms with van der Waals surface area (Å²) < 4.78 is 23.8. The lowest BCUT2D eigenvalue weighted by molar-refractivity contribution is 0.261. The number of nitrogens with one attached hydrogen (secondary N) is 2. The van der Waals surface area contributed by atoms with Crippen molar-refractivity contribution in [1.82, 2.24) is 15.5 Å². The number of guanidine groups is 1. The van der Waals surface area contributed by atoms with E-state index in [1.807, 2.05) is 30.3 Å². The van der Waals surface area contributed by atoms with E-state index in [1.165, 1.54) is 12.1 Å². The summed E-state index contributed by atoms with van der Waals surface area (Å²) in [6.07, 6.45) is 0. The lowest BCUT2D eigenvalue weighted by Crippen LogP contribution is -2.49. The Kier molecular flexibility index (Phi) is 8.35. The molecule has 1 heterocycles. The van der Waals surface area contributed by atoms with Crippen LogP contribution in [0.3, 0.4) is 0 Å². The molecule has 1 fully saturated rings. The van der Waals surface area contributed by atoms with Crippen molar-refractivity contribution in [2.75, 3.05) is 65.4 Å². The Morgan fingerprint density at radius 2 is 1.74 bits per heavy atom. The third kappa shape index (κ3) is 6.49. The molecule has 7 nitrogen and oxygen atoms in total. The molecule has 0 atom stereocenters. The highest BCUT2D eigenvalue weighted by Crippen LogP contribution is 2.24. The molecule has 0 bridgehead atoms. The predicted molar refractivity (Wildman–Crippen MR) is 123 cm³/mol. The Labute approximate surface area is 183 Å². The summed E-state index contributed by atoms with van der Waals surface area (Å²) in [5.74, 6) is 2.10. The third-order valence-corrected chi connectivity index (χ3v) is 5.45. The fourth-order valence-corrected chi connectivity index (χ4v) is 3.61. The number of benzene rings is 2. The highest BCUT2D eigenvalue weighted by atomic mass is 19.1. The van der Waals surface area contributed by atoms with Crippen LogP contribution in [0.25, 0.3) is 0 Å². The zero-order valence-corrected chi connectivity index (χ0v) is 18.5. The molecule has 2 aromatic carbocycles. The van der Waals surface area contributed by atoms with E-state index in [0.717, 1.165) is 68.0 Å². The van der Waals surface area contributed by atoms with E-state index in [4.69, 9.17) is 9.47 Å². The summed E-state index contributed by atoms with van der Waals surface area (Å²) in [6, 6.07) is 12.5. The smallest absolute Gasteiger partial charge is 0.191 e. The van der Waals surface area contributed by atoms with Gasteiger partial charge in [-0.15, -0.1) is 0 Å². The van der Waals surface area contributed by atoms with E-state index in [9.17, 15) is 4.39 Å². The largest absolute Gasteiger partial charge is 0.497 e. The fraction of sp³-hybridized carbons (Fsp3) is 0.435. The molecule has 1 aliphatic rings. The monoisotopic (exact) mass is 429 g/mol. The van der Waals surface area contributed by atoms with Gasteiger partial charge in [0.15, 0.2) is 5.96 Å². The number of piperazine rings is 1. The van der Waals surface area contributed by atoms with Gasteiger partial charge >= 0.3 is 0 Å². The number of halogens is 1. The first-order chi connectivity index (χ1) is 15.1. The quantitative estimate of drug-likeness (QED) is 0.496. The zero-order valence-electron chi connectivity index (χ0n) is 18.5. The van der Waals surface area contributed by atoms with Gasteiger partial charge in [-0.25, -0.2) is 4.39 Å². The average Bonchev–Trinajstić information content (AvgIpc) is 2.82. The van der Waals surface area contributed by atoms with Crippen LogP contribution < -0.4 is 25.0 Å². The van der Waals surface area contributed by atoms with Crippen LogP contribution in [-0.2, 0) is 6.54 Å². The van der Waals surface area contributed by atoms with Crippen molar-refractivity contribution in [1.29, 1.82) is 0 Å². The van der Waals surface area contributed by atoms with Crippen molar-refractivity contribution >= 4 is 11.6 Å². The predicted octanol–water partition coefficient (Wildman–Crippen LogP) is 2.33. The van der Waals surface area contributed by atoms with Crippen molar-refractivity contribution < 1.29 is 13.9 Å². The summed E-state index contributed by atoms with van der Waals surface area (Å²) in [5, 5.41) is 6.70. The van der Waals surface area contributed by atoms with Gasteiger partial charge in [-0.2, -0.15) is 0 Å². The number of hydrogen-bond donors (Lipinski definition) is 2. The minimum absolute atomic E-state index is 0.194. The lowest BCUT2D eigenvalue weighted by Gasteiger charge is -2.36. The topological polar surface area (TPSA) is 61.4 Å². The summed E-state index contributed by atoms with van der Waals surface area (Å²) in [6.45, 7) is 6.18. The van der Waals surface area contributed by atoms with Crippen molar-refractivity contribution in [2.24, 2.45) is 4.99 Å². The van der Waals surface area contributed by atoms with Crippen LogP contribution in [0.4, 0.5) is 10.1 Å². The maximum atomic E-state index is 13.1. The van der Waals surface area contributed by atoms with E-state index in [-0.39, 0.29) is 5.82 Å². The molecule has 0 aliphatic carbocycles. The number of ether oxygens (including phenoxy) is 2. The van der Waals surface area contributed by atoms with Crippen LogP contribution in [0.5, 0.6) is 11.5 Å². The molecule has 3 rings (SSSR count). The van der Waals surface area contributed by atoms with Crippen LogP contribution in [0.1, 0.15) is 5.56 Å². The first-order valence-corrected chi connectivity index (χ1v) is 10.5. The number of hydrogen-bond acceptors (Lipinski definition) is 5. The molecule has 0 aromatic heterocycles. The van der Waals surface area contributed by atoms with Crippen LogP contribution in [0.15, 0.2) is 47.5 Å². The Hall–Kier alpha value is -3.00. The SMILES string of the molecule is CN=C(NCCN1CCN(c2ccc(F)cc2)CC1)NCc1ccc(OC)cc1OC. The Morgan fingerprint density at radius 1 is 1.00 bits per heavy atom. The van der Waals surface area contributed by atoms with Crippen LogP contribution in [-0.4, -0.2) is 71.4 Å². The Bertz CT molecular complexity index is 852. The normalized spacial score (nSPS) is 15.0. The summed E-state index contributed by atoms with van der Waals surface area (Å²) in [7, 11) is 5.06. The minimum atomic E-state index is -0.194. The van der Waals surface area contributed by atoms with E-state index in [1.54, 1.807) is 21.3 Å². The summed E-state index contributed by atoms with van der Waals surface area (Å²) >= 11 is 0. The molecule has 0 amide bonds. The molecule has 0 radical (unpaired) electrons. The molecular weight excluding hydrogens is 397 g/mol. The molecule has 1 aliphatic heterocycles. The molecule has 168 valence electrons. The van der Waals surface area contributed by atoms with Gasteiger partial charge < -0.3 is 25.0 Å². The van der Waals surface area contributed by atoms with E-state index < -0.39 is 0 Å². The number of nitrogens with zero attached hydrogens (tertiary/aromatic N) is 3. The van der Waals surface area contributed by atoms with Crippen LogP contribution in [0, 0.1) is 5.82 Å². The third-order valence-electron chi connectivity index (χ3n) is 5.45. The van der Waals surface area contributed by atoms with E-state index >= 15 is 0 Å². The number of anilines is 1. The molecule has 1 saturated heterocycles. The molecule has 0 saturated carbocycles. The molecule has 0 spiro atoms. The molecule has 2 N–H and O–H groups in total. The second kappa shape index (κ2) is 11.4. The van der Waals surface area contributed by atoms with Crippen molar-refractivity contribution in [3.05, 3.63) is 53.8 Å². The molecule has 8 heteroatoms. The van der Waals surface area contributed by atoms with Gasteiger partial charge in [0.05, 0.1) is 14.2 Å². The number of methoxy groups -OCH3 is 2. The van der Waals surface area contributed by atoms with Gasteiger partial charge in [-0.1, -0.05) is 0 Å². The van der Waals surface area contributed by atoms with Crippen molar-refractivity contribution in [2.45, 2.75) is 6.54 Å². The summed E-state index contributed by atoms with van der Waals surface area (Å²) in [4.78, 5) is 9.03. The van der Waals surface area contributed by atoms with Crippen LogP contribution in [0.2, 0.25) is 0 Å². The van der Waals surface area contributed by atoms with Gasteiger partial charge in [0, 0.05) is 70.2 Å². The Balaban J connectivity index is 1.39. The zero-order chi connectivity index (χ0) is 22.1. The van der Waals surface area contributed by atoms with Gasteiger partial charge in [-0.3, -0.25) is 9.89 Å². The number of rotatable bonds is 8. The van der Waals surface area contributed by atoms with Gasteiger partial charge in [0.1, 0.15) is 17.3 Å². The van der Waals surface area contributed by atoms with Gasteiger partial charge in [0.2, 0.25) is 0 Å². The number of aliphatic imine (C=N–C) groups is 1. The fourth-order valence-electron chi connectivity index (χ4n) is 3.61. The van der Waals surface area contributed by atoms with E-state index in [2.05, 4.69) is 25.4 Å². The standard InChI is InChI=1S/C23H32FN5O2/c1-25-23(27-17-18-4-9-21(30-2)16-22(18)31-3)26-10-11-28-12-14-29(15-13-28)20-7-5-19(24)6-8-20/h4-9,16H,10-15,17H2,1-3H3,(H2,25,26,27). The van der Waals surface area contributed by atoms with Crippen molar-refractivity contribution in [3.8, 4) is 11.5 Å². The molecule has 2 aromatic rings. The maximum Gasteiger partial charge on any atom is 0.191 e. The first-order valence-electron chi connectivity index (χ1n) is 10.5. The molecular formula is C23H32FN5O2. The second-order valence-electron chi connectivity index (χ2n) is 7.34. The molecule has 0 unspecified atom stereocenters. The van der Waals surface area contributed by atoms with Gasteiger partial charge in [-0.05, 0) is 36.4 Å². The van der Waals surface area contributed by atoms with Gasteiger partial charge in [0.25, 0.3) is 0 Å². The van der Waals surface area contributed by atoms with Crippen LogP contribution >= 0.6 is 0 Å². The first kappa shape index (κ1) is 22.7. The molecule has 31 heavy (non-hydrogen) atoms. The average molecular weight is 430 g/mol. The lowest BCUT2D eigenvalue weighted by atomic mass is 10.2. The summed E-state index contributed by atoms with van der Waals surface area (Å²) in [5.41, 5.74) is 2.11. The van der Waals surface area contributed by atoms with Crippen molar-refractivity contribution in [3.63, 3.8) is 0 Å².